The molecule has 4 nitrogen and oxygen atoms in total. The highest BCUT2D eigenvalue weighted by molar-refractivity contribution is 5.73. The van der Waals surface area contributed by atoms with Crippen LogP contribution in [0.2, 0.25) is 0 Å². The molecule has 1 aliphatic heterocycles. The average Bonchev–Trinajstić information content (AvgIpc) is 2.16. The topological polar surface area (TPSA) is 58.4 Å². The van der Waals surface area contributed by atoms with Crippen molar-refractivity contribution in [3.8, 4) is 0 Å². The summed E-state index contributed by atoms with van der Waals surface area (Å²) in [5.41, 5.74) is 2.19. The molecule has 0 spiro atoms. The van der Waals surface area contributed by atoms with Crippen LogP contribution >= 0.6 is 0 Å². The van der Waals surface area contributed by atoms with E-state index in [1.54, 1.807) is 0 Å². The normalized spacial score (nSPS) is 23.8. The van der Waals surface area contributed by atoms with Gasteiger partial charge in [0.1, 0.15) is 0 Å². The van der Waals surface area contributed by atoms with E-state index in [4.69, 9.17) is 5.84 Å². The standard InChI is InChI=1S/C8H17N3O/c1-2-7-5-3-4-6-11(7)8(12)10-9/h7H,2-6,9H2,1H3,(H,10,12). The van der Waals surface area contributed by atoms with Crippen molar-refractivity contribution in [1.82, 2.24) is 10.3 Å². The summed E-state index contributed by atoms with van der Waals surface area (Å²) in [6, 6.07) is 0.254. The lowest BCUT2D eigenvalue weighted by Crippen LogP contribution is -2.50. The maximum absolute atomic E-state index is 11.2. The molecule has 1 fully saturated rings. The molecule has 4 heteroatoms. The zero-order valence-electron chi connectivity index (χ0n) is 7.55. The van der Waals surface area contributed by atoms with Gasteiger partial charge >= 0.3 is 6.03 Å². The maximum atomic E-state index is 11.2. The highest BCUT2D eigenvalue weighted by Crippen LogP contribution is 2.18. The number of hydrogen-bond donors (Lipinski definition) is 2. The van der Waals surface area contributed by atoms with Gasteiger partial charge in [-0.1, -0.05) is 6.92 Å². The Morgan fingerprint density at radius 3 is 3.00 bits per heavy atom. The molecule has 0 aromatic rings. The zero-order valence-corrected chi connectivity index (χ0v) is 7.55. The minimum Gasteiger partial charge on any atom is -0.321 e. The van der Waals surface area contributed by atoms with Gasteiger partial charge < -0.3 is 4.90 Å². The third kappa shape index (κ3) is 1.88. The Balaban J connectivity index is 2.52. The van der Waals surface area contributed by atoms with Crippen LogP contribution in [0.15, 0.2) is 0 Å². The van der Waals surface area contributed by atoms with Crippen LogP contribution in [0, 0.1) is 0 Å². The molecule has 0 radical (unpaired) electrons. The summed E-state index contributed by atoms with van der Waals surface area (Å²) >= 11 is 0. The lowest BCUT2D eigenvalue weighted by molar-refractivity contribution is 0.149. The number of nitrogens with two attached hydrogens (primary N) is 1. The molecule has 70 valence electrons. The zero-order chi connectivity index (χ0) is 8.97. The SMILES string of the molecule is CCC1CCCCN1C(=O)NN. The molecule has 0 aliphatic carbocycles. The van der Waals surface area contributed by atoms with Gasteiger partial charge in [0.05, 0.1) is 0 Å². The van der Waals surface area contributed by atoms with Crippen LogP contribution in [-0.2, 0) is 0 Å². The lowest BCUT2D eigenvalue weighted by atomic mass is 10.0. The smallest absolute Gasteiger partial charge is 0.321 e. The van der Waals surface area contributed by atoms with Crippen molar-refractivity contribution in [2.24, 2.45) is 5.84 Å². The van der Waals surface area contributed by atoms with Crippen LogP contribution in [-0.4, -0.2) is 23.5 Å². The van der Waals surface area contributed by atoms with Crippen molar-refractivity contribution in [1.29, 1.82) is 0 Å². The van der Waals surface area contributed by atoms with Crippen molar-refractivity contribution in [2.45, 2.75) is 38.6 Å². The van der Waals surface area contributed by atoms with E-state index in [1.807, 2.05) is 4.90 Å². The Labute approximate surface area is 73.1 Å². The first-order valence-corrected chi connectivity index (χ1v) is 4.56. The van der Waals surface area contributed by atoms with Crippen LogP contribution in [0.4, 0.5) is 4.79 Å². The monoisotopic (exact) mass is 171 g/mol. The number of nitrogens with one attached hydrogen (secondary N) is 1. The van der Waals surface area contributed by atoms with E-state index in [1.165, 1.54) is 6.42 Å². The Bertz CT molecular complexity index is 160. The lowest BCUT2D eigenvalue weighted by Gasteiger charge is -2.34. The molecule has 0 aromatic carbocycles. The second-order valence-electron chi connectivity index (χ2n) is 3.20. The second kappa shape index (κ2) is 4.30. The van der Waals surface area contributed by atoms with Crippen LogP contribution in [0.1, 0.15) is 32.6 Å². The predicted molar refractivity (Wildman–Crippen MR) is 47.4 cm³/mol. The fraction of sp³-hybridized carbons (Fsp3) is 0.875. The predicted octanol–water partition coefficient (Wildman–Crippen LogP) is 0.834. The largest absolute Gasteiger partial charge is 0.331 e. The molecule has 0 aromatic heterocycles. The fourth-order valence-corrected chi connectivity index (χ4v) is 1.78. The van der Waals surface area contributed by atoms with Gasteiger partial charge in [0.2, 0.25) is 0 Å². The molecule has 1 saturated heterocycles. The number of hydrazine groups is 1. The van der Waals surface area contributed by atoms with Gasteiger partial charge in [0.15, 0.2) is 0 Å². The highest BCUT2D eigenvalue weighted by atomic mass is 16.2. The molecule has 2 amide bonds. The first-order valence-electron chi connectivity index (χ1n) is 4.56. The van der Waals surface area contributed by atoms with Gasteiger partial charge in [-0.25, -0.2) is 10.6 Å². The summed E-state index contributed by atoms with van der Waals surface area (Å²) in [4.78, 5) is 13.1. The third-order valence-electron chi connectivity index (χ3n) is 2.48. The maximum Gasteiger partial charge on any atom is 0.331 e. The number of carbonyl (C=O) groups excluding carboxylic acids is 1. The molecule has 1 heterocycles. The molecule has 1 aliphatic rings. The van der Waals surface area contributed by atoms with E-state index in [2.05, 4.69) is 12.3 Å². The number of nitrogens with zero attached hydrogens (tertiary/aromatic N) is 1. The quantitative estimate of drug-likeness (QED) is 0.349. The van der Waals surface area contributed by atoms with Crippen molar-refractivity contribution in [2.75, 3.05) is 6.54 Å². The first-order chi connectivity index (χ1) is 5.79. The van der Waals surface area contributed by atoms with Gasteiger partial charge in [-0.2, -0.15) is 0 Å². The third-order valence-corrected chi connectivity index (χ3v) is 2.48. The minimum atomic E-state index is -0.137. The van der Waals surface area contributed by atoms with Crippen molar-refractivity contribution in [3.05, 3.63) is 0 Å². The van der Waals surface area contributed by atoms with Gasteiger partial charge in [-0.05, 0) is 25.7 Å². The summed E-state index contributed by atoms with van der Waals surface area (Å²) < 4.78 is 0. The molecule has 3 N–H and O–H groups in total. The summed E-state index contributed by atoms with van der Waals surface area (Å²) in [5.74, 6) is 5.08. The minimum absolute atomic E-state index is 0.137. The highest BCUT2D eigenvalue weighted by Gasteiger charge is 2.24. The van der Waals surface area contributed by atoms with Crippen molar-refractivity contribution >= 4 is 6.03 Å². The summed E-state index contributed by atoms with van der Waals surface area (Å²) in [6.07, 6.45) is 4.47. The van der Waals surface area contributed by atoms with Gasteiger partial charge in [-0.3, -0.25) is 5.43 Å². The van der Waals surface area contributed by atoms with E-state index in [9.17, 15) is 4.79 Å². The van der Waals surface area contributed by atoms with Crippen molar-refractivity contribution in [3.63, 3.8) is 0 Å². The number of hydrogen-bond acceptors (Lipinski definition) is 2. The van der Waals surface area contributed by atoms with E-state index < -0.39 is 0 Å². The number of piperidine rings is 1. The van der Waals surface area contributed by atoms with E-state index in [0.29, 0.717) is 6.04 Å². The fourth-order valence-electron chi connectivity index (χ4n) is 1.78. The van der Waals surface area contributed by atoms with E-state index in [-0.39, 0.29) is 6.03 Å². The molecule has 1 atom stereocenters. The summed E-state index contributed by atoms with van der Waals surface area (Å²) in [6.45, 7) is 2.95. The van der Waals surface area contributed by atoms with Crippen molar-refractivity contribution < 1.29 is 4.79 Å². The van der Waals surface area contributed by atoms with Crippen LogP contribution in [0.3, 0.4) is 0 Å². The molecular weight excluding hydrogens is 154 g/mol. The molecule has 12 heavy (non-hydrogen) atoms. The number of carbonyl (C=O) groups is 1. The van der Waals surface area contributed by atoms with Crippen LogP contribution in [0.5, 0.6) is 0 Å². The summed E-state index contributed by atoms with van der Waals surface area (Å²) in [7, 11) is 0. The number of likely N-dealkylation sites (tertiary alicyclic amines) is 1. The van der Waals surface area contributed by atoms with Gasteiger partial charge in [0.25, 0.3) is 0 Å². The first kappa shape index (κ1) is 9.32. The molecule has 0 bridgehead atoms. The van der Waals surface area contributed by atoms with Gasteiger partial charge in [0, 0.05) is 12.6 Å². The Morgan fingerprint density at radius 2 is 2.42 bits per heavy atom. The van der Waals surface area contributed by atoms with E-state index >= 15 is 0 Å². The Kier molecular flexibility index (Phi) is 3.34. The van der Waals surface area contributed by atoms with Crippen LogP contribution in [0.25, 0.3) is 0 Å². The number of amides is 2. The second-order valence-corrected chi connectivity index (χ2v) is 3.20. The Hall–Kier alpha value is -0.770. The molecular formula is C8H17N3O. The number of urea groups is 1. The molecule has 0 saturated carbocycles. The molecule has 1 rings (SSSR count). The summed E-state index contributed by atoms with van der Waals surface area (Å²) in [5, 5.41) is 0. The molecule has 1 unspecified atom stereocenters. The average molecular weight is 171 g/mol. The number of rotatable bonds is 1. The van der Waals surface area contributed by atoms with Crippen LogP contribution < -0.4 is 11.3 Å². The Morgan fingerprint density at radius 1 is 1.67 bits per heavy atom. The van der Waals surface area contributed by atoms with Gasteiger partial charge in [-0.15, -0.1) is 0 Å². The van der Waals surface area contributed by atoms with E-state index in [0.717, 1.165) is 25.8 Å².